The highest BCUT2D eigenvalue weighted by molar-refractivity contribution is 5.48. The highest BCUT2D eigenvalue weighted by Gasteiger charge is 2.22. The van der Waals surface area contributed by atoms with Gasteiger partial charge in [0.25, 0.3) is 0 Å². The standard InChI is InChI=1S/C14H24N4/c1-11(2)17-7-9-18(10-8-17)14-13(12(3)15)5-4-6-16-14/h4-6,11-12H,7-10,15H2,1-3H3/t12-/m1/s1. The van der Waals surface area contributed by atoms with Crippen LogP contribution in [0.2, 0.25) is 0 Å². The molecule has 0 unspecified atom stereocenters. The molecule has 1 atom stereocenters. The lowest BCUT2D eigenvalue weighted by molar-refractivity contribution is 0.209. The van der Waals surface area contributed by atoms with Gasteiger partial charge in [0.05, 0.1) is 0 Å². The molecule has 0 spiro atoms. The van der Waals surface area contributed by atoms with Crippen LogP contribution in [0.15, 0.2) is 18.3 Å². The Morgan fingerprint density at radius 3 is 2.39 bits per heavy atom. The minimum Gasteiger partial charge on any atom is -0.354 e. The summed E-state index contributed by atoms with van der Waals surface area (Å²) in [6.07, 6.45) is 1.86. The van der Waals surface area contributed by atoms with Crippen LogP contribution < -0.4 is 10.6 Å². The van der Waals surface area contributed by atoms with Gasteiger partial charge in [0.1, 0.15) is 5.82 Å². The van der Waals surface area contributed by atoms with E-state index in [4.69, 9.17) is 5.73 Å². The highest BCUT2D eigenvalue weighted by Crippen LogP contribution is 2.23. The minimum absolute atomic E-state index is 0.0387. The fourth-order valence-corrected chi connectivity index (χ4v) is 2.48. The molecule has 1 aliphatic heterocycles. The van der Waals surface area contributed by atoms with Gasteiger partial charge in [-0.15, -0.1) is 0 Å². The third kappa shape index (κ3) is 2.82. The van der Waals surface area contributed by atoms with Gasteiger partial charge >= 0.3 is 0 Å². The zero-order valence-electron chi connectivity index (χ0n) is 11.6. The van der Waals surface area contributed by atoms with E-state index in [0.717, 1.165) is 37.6 Å². The third-order valence-corrected chi connectivity index (χ3v) is 3.65. The van der Waals surface area contributed by atoms with E-state index in [9.17, 15) is 0 Å². The minimum atomic E-state index is 0.0387. The van der Waals surface area contributed by atoms with Crippen molar-refractivity contribution < 1.29 is 0 Å². The summed E-state index contributed by atoms with van der Waals surface area (Å²) in [5.41, 5.74) is 7.17. The fraction of sp³-hybridized carbons (Fsp3) is 0.643. The van der Waals surface area contributed by atoms with E-state index < -0.39 is 0 Å². The first-order chi connectivity index (χ1) is 8.59. The SMILES string of the molecule is CC(C)N1CCN(c2ncccc2[C@@H](C)N)CC1. The van der Waals surface area contributed by atoms with E-state index in [1.54, 1.807) is 0 Å². The lowest BCUT2D eigenvalue weighted by atomic mass is 10.1. The first kappa shape index (κ1) is 13.3. The van der Waals surface area contributed by atoms with Gasteiger partial charge in [-0.2, -0.15) is 0 Å². The molecule has 100 valence electrons. The van der Waals surface area contributed by atoms with Gasteiger partial charge in [0.2, 0.25) is 0 Å². The summed E-state index contributed by atoms with van der Waals surface area (Å²) in [5, 5.41) is 0. The molecule has 2 heterocycles. The Labute approximate surface area is 110 Å². The van der Waals surface area contributed by atoms with Crippen molar-refractivity contribution in [3.05, 3.63) is 23.9 Å². The molecule has 1 aliphatic rings. The van der Waals surface area contributed by atoms with E-state index in [0.29, 0.717) is 6.04 Å². The summed E-state index contributed by atoms with van der Waals surface area (Å²) in [6.45, 7) is 10.8. The summed E-state index contributed by atoms with van der Waals surface area (Å²) in [5.74, 6) is 1.07. The van der Waals surface area contributed by atoms with Crippen LogP contribution in [-0.4, -0.2) is 42.1 Å². The van der Waals surface area contributed by atoms with E-state index in [1.807, 2.05) is 19.2 Å². The van der Waals surface area contributed by atoms with Crippen LogP contribution in [0.1, 0.15) is 32.4 Å². The van der Waals surface area contributed by atoms with Crippen molar-refractivity contribution in [3.8, 4) is 0 Å². The molecule has 1 aromatic rings. The average Bonchev–Trinajstić information content (AvgIpc) is 2.39. The highest BCUT2D eigenvalue weighted by atomic mass is 15.3. The lowest BCUT2D eigenvalue weighted by Gasteiger charge is -2.38. The van der Waals surface area contributed by atoms with Gasteiger partial charge in [0, 0.05) is 50.0 Å². The summed E-state index contributed by atoms with van der Waals surface area (Å²) >= 11 is 0. The van der Waals surface area contributed by atoms with Crippen LogP contribution in [0, 0.1) is 0 Å². The van der Waals surface area contributed by atoms with Crippen LogP contribution >= 0.6 is 0 Å². The Morgan fingerprint density at radius 2 is 1.83 bits per heavy atom. The molecule has 0 saturated carbocycles. The zero-order valence-corrected chi connectivity index (χ0v) is 11.6. The molecule has 4 heteroatoms. The molecule has 0 amide bonds. The Morgan fingerprint density at radius 1 is 1.17 bits per heavy atom. The molecule has 0 radical (unpaired) electrons. The van der Waals surface area contributed by atoms with E-state index in [2.05, 4.69) is 34.7 Å². The zero-order chi connectivity index (χ0) is 13.1. The van der Waals surface area contributed by atoms with Crippen LogP contribution in [0.4, 0.5) is 5.82 Å². The average molecular weight is 248 g/mol. The fourth-order valence-electron chi connectivity index (χ4n) is 2.48. The van der Waals surface area contributed by atoms with Gasteiger partial charge in [0.15, 0.2) is 0 Å². The summed E-state index contributed by atoms with van der Waals surface area (Å²) < 4.78 is 0. The molecule has 0 aliphatic carbocycles. The Kier molecular flexibility index (Phi) is 4.19. The number of anilines is 1. The first-order valence-corrected chi connectivity index (χ1v) is 6.79. The Balaban J connectivity index is 2.10. The number of hydrogen-bond acceptors (Lipinski definition) is 4. The maximum atomic E-state index is 6.02. The van der Waals surface area contributed by atoms with E-state index >= 15 is 0 Å². The maximum absolute atomic E-state index is 6.02. The number of hydrogen-bond donors (Lipinski definition) is 1. The number of pyridine rings is 1. The Hall–Kier alpha value is -1.13. The van der Waals surface area contributed by atoms with Crippen LogP contribution in [0.3, 0.4) is 0 Å². The predicted octanol–water partition coefficient (Wildman–Crippen LogP) is 1.63. The molecule has 0 bridgehead atoms. The molecule has 1 aromatic heterocycles. The number of rotatable bonds is 3. The first-order valence-electron chi connectivity index (χ1n) is 6.79. The van der Waals surface area contributed by atoms with Crippen molar-refractivity contribution in [1.82, 2.24) is 9.88 Å². The van der Waals surface area contributed by atoms with Crippen LogP contribution in [-0.2, 0) is 0 Å². The molecular weight excluding hydrogens is 224 g/mol. The van der Waals surface area contributed by atoms with Crippen molar-refractivity contribution in [2.75, 3.05) is 31.1 Å². The van der Waals surface area contributed by atoms with Crippen molar-refractivity contribution in [1.29, 1.82) is 0 Å². The summed E-state index contributed by atoms with van der Waals surface area (Å²) in [7, 11) is 0. The molecule has 1 fully saturated rings. The van der Waals surface area contributed by atoms with E-state index in [1.165, 1.54) is 0 Å². The predicted molar refractivity (Wildman–Crippen MR) is 75.8 cm³/mol. The van der Waals surface area contributed by atoms with Gasteiger partial charge < -0.3 is 10.6 Å². The quantitative estimate of drug-likeness (QED) is 0.883. The van der Waals surface area contributed by atoms with Gasteiger partial charge in [-0.25, -0.2) is 4.98 Å². The van der Waals surface area contributed by atoms with Crippen molar-refractivity contribution in [2.45, 2.75) is 32.9 Å². The van der Waals surface area contributed by atoms with Crippen molar-refractivity contribution >= 4 is 5.82 Å². The van der Waals surface area contributed by atoms with Crippen LogP contribution in [0.5, 0.6) is 0 Å². The second kappa shape index (κ2) is 5.67. The molecule has 18 heavy (non-hydrogen) atoms. The van der Waals surface area contributed by atoms with Gasteiger partial charge in [-0.1, -0.05) is 6.07 Å². The monoisotopic (exact) mass is 248 g/mol. The number of aromatic nitrogens is 1. The number of piperazine rings is 1. The maximum Gasteiger partial charge on any atom is 0.133 e. The second-order valence-corrected chi connectivity index (χ2v) is 5.32. The smallest absolute Gasteiger partial charge is 0.133 e. The third-order valence-electron chi connectivity index (χ3n) is 3.65. The largest absolute Gasteiger partial charge is 0.354 e. The second-order valence-electron chi connectivity index (χ2n) is 5.32. The normalized spacial score (nSPS) is 19.3. The number of nitrogens with zero attached hydrogens (tertiary/aromatic N) is 3. The molecule has 2 rings (SSSR count). The number of nitrogens with two attached hydrogens (primary N) is 1. The van der Waals surface area contributed by atoms with Gasteiger partial charge in [-0.05, 0) is 26.8 Å². The van der Waals surface area contributed by atoms with Crippen molar-refractivity contribution in [3.63, 3.8) is 0 Å². The molecule has 0 aromatic carbocycles. The van der Waals surface area contributed by atoms with Crippen LogP contribution in [0.25, 0.3) is 0 Å². The lowest BCUT2D eigenvalue weighted by Crippen LogP contribution is -2.49. The van der Waals surface area contributed by atoms with Gasteiger partial charge in [-0.3, -0.25) is 4.90 Å². The molecule has 4 nitrogen and oxygen atoms in total. The summed E-state index contributed by atoms with van der Waals surface area (Å²) in [6, 6.07) is 4.72. The van der Waals surface area contributed by atoms with E-state index in [-0.39, 0.29) is 6.04 Å². The van der Waals surface area contributed by atoms with Crippen molar-refractivity contribution in [2.24, 2.45) is 5.73 Å². The molecule has 1 saturated heterocycles. The molecule has 2 N–H and O–H groups in total. The summed E-state index contributed by atoms with van der Waals surface area (Å²) in [4.78, 5) is 9.38. The molecular formula is C14H24N4. The Bertz CT molecular complexity index is 381. The topological polar surface area (TPSA) is 45.4 Å².